The van der Waals surface area contributed by atoms with Gasteiger partial charge in [-0.2, -0.15) is 0 Å². The molecule has 0 fully saturated rings. The molecule has 2 aromatic carbocycles. The lowest BCUT2D eigenvalue weighted by atomic mass is 10.1. The van der Waals surface area contributed by atoms with Crippen molar-refractivity contribution in [1.82, 2.24) is 5.32 Å². The van der Waals surface area contributed by atoms with Crippen LogP contribution in [-0.4, -0.2) is 18.6 Å². The van der Waals surface area contributed by atoms with Crippen LogP contribution in [0.5, 0.6) is 11.5 Å². The molecule has 4 heteroatoms. The number of aryl methyl sites for hydroxylation is 1. The number of amides is 1. The van der Waals surface area contributed by atoms with Crippen LogP contribution in [-0.2, 0) is 17.8 Å². The lowest BCUT2D eigenvalue weighted by Gasteiger charge is -2.18. The van der Waals surface area contributed by atoms with Gasteiger partial charge in [-0.15, -0.1) is 0 Å². The Kier molecular flexibility index (Phi) is 7.33. The minimum Gasteiger partial charge on any atom is -0.494 e. The van der Waals surface area contributed by atoms with E-state index in [1.54, 1.807) is 0 Å². The van der Waals surface area contributed by atoms with E-state index in [2.05, 4.69) is 12.2 Å². The lowest BCUT2D eigenvalue weighted by molar-refractivity contribution is -0.128. The van der Waals surface area contributed by atoms with Crippen LogP contribution in [0.2, 0.25) is 0 Å². The average molecular weight is 341 g/mol. The molecule has 4 nitrogen and oxygen atoms in total. The quantitative estimate of drug-likeness (QED) is 0.746. The summed E-state index contributed by atoms with van der Waals surface area (Å²) in [6.07, 6.45) is 1.08. The molecular formula is C21H27NO3. The maximum absolute atomic E-state index is 12.5. The number of nitrogens with one attached hydrogen (secondary N) is 1. The summed E-state index contributed by atoms with van der Waals surface area (Å²) >= 11 is 0. The molecule has 0 radical (unpaired) electrons. The van der Waals surface area contributed by atoms with Crippen LogP contribution in [0.4, 0.5) is 0 Å². The van der Waals surface area contributed by atoms with Gasteiger partial charge in [0.15, 0.2) is 6.10 Å². The molecular weight excluding hydrogens is 314 g/mol. The maximum Gasteiger partial charge on any atom is 0.261 e. The largest absolute Gasteiger partial charge is 0.494 e. The highest BCUT2D eigenvalue weighted by Gasteiger charge is 2.18. The molecule has 0 aliphatic rings. The van der Waals surface area contributed by atoms with Gasteiger partial charge in [0.2, 0.25) is 0 Å². The molecule has 0 aliphatic heterocycles. The first-order valence-electron chi connectivity index (χ1n) is 8.91. The van der Waals surface area contributed by atoms with Crippen molar-refractivity contribution in [2.75, 3.05) is 6.61 Å². The second kappa shape index (κ2) is 9.72. The fourth-order valence-corrected chi connectivity index (χ4v) is 2.53. The molecule has 1 atom stereocenters. The van der Waals surface area contributed by atoms with Crippen molar-refractivity contribution in [3.63, 3.8) is 0 Å². The van der Waals surface area contributed by atoms with Crippen LogP contribution in [0.25, 0.3) is 0 Å². The van der Waals surface area contributed by atoms with Gasteiger partial charge in [-0.3, -0.25) is 4.79 Å². The summed E-state index contributed by atoms with van der Waals surface area (Å²) in [5, 5.41) is 2.95. The molecule has 134 valence electrons. The first kappa shape index (κ1) is 18.8. The molecule has 0 bridgehead atoms. The van der Waals surface area contributed by atoms with E-state index in [-0.39, 0.29) is 5.91 Å². The van der Waals surface area contributed by atoms with E-state index in [1.165, 1.54) is 5.56 Å². The summed E-state index contributed by atoms with van der Waals surface area (Å²) < 4.78 is 11.4. The van der Waals surface area contributed by atoms with Gasteiger partial charge in [-0.1, -0.05) is 44.2 Å². The van der Waals surface area contributed by atoms with Crippen LogP contribution in [0.1, 0.15) is 38.3 Å². The Bertz CT molecular complexity index is 667. The minimum atomic E-state index is -0.508. The first-order valence-corrected chi connectivity index (χ1v) is 8.91. The summed E-state index contributed by atoms with van der Waals surface area (Å²) in [7, 11) is 0. The van der Waals surface area contributed by atoms with E-state index >= 15 is 0 Å². The molecule has 1 amide bonds. The Hall–Kier alpha value is -2.49. The van der Waals surface area contributed by atoms with Crippen LogP contribution in [0.3, 0.4) is 0 Å². The molecule has 0 saturated heterocycles. The standard InChI is InChI=1S/C21H27NO3/c1-4-16-11-13-18(14-12-16)25-19(5-2)21(23)22-15-17-9-7-8-10-20(17)24-6-3/h7-14,19H,4-6,15H2,1-3H3,(H,22,23)/t19-/m1/s1. The third-order valence-corrected chi connectivity index (χ3v) is 4.00. The molecule has 2 aromatic rings. The molecule has 0 unspecified atom stereocenters. The zero-order valence-corrected chi connectivity index (χ0v) is 15.2. The number of hydrogen-bond donors (Lipinski definition) is 1. The summed E-state index contributed by atoms with van der Waals surface area (Å²) in [6, 6.07) is 15.6. The molecule has 0 saturated carbocycles. The van der Waals surface area contributed by atoms with E-state index < -0.39 is 6.10 Å². The summed E-state index contributed by atoms with van der Waals surface area (Å²) in [5.74, 6) is 1.40. The van der Waals surface area contributed by atoms with Crippen molar-refractivity contribution in [3.05, 3.63) is 59.7 Å². The van der Waals surface area contributed by atoms with Crippen molar-refractivity contribution in [2.45, 2.75) is 46.3 Å². The van der Waals surface area contributed by atoms with Gasteiger partial charge < -0.3 is 14.8 Å². The highest BCUT2D eigenvalue weighted by atomic mass is 16.5. The molecule has 0 aromatic heterocycles. The van der Waals surface area contributed by atoms with Crippen molar-refractivity contribution in [3.8, 4) is 11.5 Å². The fourth-order valence-electron chi connectivity index (χ4n) is 2.53. The van der Waals surface area contributed by atoms with E-state index in [1.807, 2.05) is 62.4 Å². The van der Waals surface area contributed by atoms with Gasteiger partial charge >= 0.3 is 0 Å². The maximum atomic E-state index is 12.5. The SMILES string of the molecule is CCOc1ccccc1CNC(=O)[C@@H](CC)Oc1ccc(CC)cc1. The molecule has 0 spiro atoms. The molecule has 2 rings (SSSR count). The third kappa shape index (κ3) is 5.52. The highest BCUT2D eigenvalue weighted by Crippen LogP contribution is 2.18. The monoisotopic (exact) mass is 341 g/mol. The summed E-state index contributed by atoms with van der Waals surface area (Å²) in [5.41, 5.74) is 2.21. The topological polar surface area (TPSA) is 47.6 Å². The minimum absolute atomic E-state index is 0.117. The summed E-state index contributed by atoms with van der Waals surface area (Å²) in [6.45, 7) is 7.01. The smallest absolute Gasteiger partial charge is 0.261 e. The number of para-hydroxylation sites is 1. The predicted molar refractivity (Wildman–Crippen MR) is 100.0 cm³/mol. The molecule has 1 N–H and O–H groups in total. The lowest BCUT2D eigenvalue weighted by Crippen LogP contribution is -2.37. The Balaban J connectivity index is 1.95. The van der Waals surface area contributed by atoms with Crippen molar-refractivity contribution < 1.29 is 14.3 Å². The van der Waals surface area contributed by atoms with Crippen LogP contribution >= 0.6 is 0 Å². The molecule has 25 heavy (non-hydrogen) atoms. The highest BCUT2D eigenvalue weighted by molar-refractivity contribution is 5.81. The number of carbonyl (C=O) groups excluding carboxylic acids is 1. The van der Waals surface area contributed by atoms with Gasteiger partial charge in [-0.25, -0.2) is 0 Å². The van der Waals surface area contributed by atoms with Crippen LogP contribution in [0.15, 0.2) is 48.5 Å². The number of carbonyl (C=O) groups is 1. The second-order valence-electron chi connectivity index (χ2n) is 5.77. The second-order valence-corrected chi connectivity index (χ2v) is 5.77. The Morgan fingerprint density at radius 3 is 2.40 bits per heavy atom. The number of hydrogen-bond acceptors (Lipinski definition) is 3. The van der Waals surface area contributed by atoms with Crippen LogP contribution < -0.4 is 14.8 Å². The Morgan fingerprint density at radius 2 is 1.76 bits per heavy atom. The van der Waals surface area contributed by atoms with E-state index in [0.717, 1.165) is 17.7 Å². The van der Waals surface area contributed by atoms with E-state index in [9.17, 15) is 4.79 Å². The van der Waals surface area contributed by atoms with Gasteiger partial charge in [0.25, 0.3) is 5.91 Å². The van der Waals surface area contributed by atoms with Gasteiger partial charge in [-0.05, 0) is 43.5 Å². The van der Waals surface area contributed by atoms with Gasteiger partial charge in [0.05, 0.1) is 6.61 Å². The zero-order chi connectivity index (χ0) is 18.1. The molecule has 0 aliphatic carbocycles. The van der Waals surface area contributed by atoms with Crippen molar-refractivity contribution >= 4 is 5.91 Å². The fraction of sp³-hybridized carbons (Fsp3) is 0.381. The number of benzene rings is 2. The van der Waals surface area contributed by atoms with Crippen molar-refractivity contribution in [1.29, 1.82) is 0 Å². The van der Waals surface area contributed by atoms with E-state index in [0.29, 0.717) is 25.3 Å². The number of ether oxygens (including phenoxy) is 2. The predicted octanol–water partition coefficient (Wildman–Crippen LogP) is 4.12. The number of rotatable bonds is 9. The Labute approximate surface area is 150 Å². The van der Waals surface area contributed by atoms with Gasteiger partial charge in [0, 0.05) is 12.1 Å². The first-order chi connectivity index (χ1) is 12.2. The van der Waals surface area contributed by atoms with Gasteiger partial charge in [0.1, 0.15) is 11.5 Å². The average Bonchev–Trinajstić information content (AvgIpc) is 2.66. The zero-order valence-electron chi connectivity index (χ0n) is 15.2. The Morgan fingerprint density at radius 1 is 1.04 bits per heavy atom. The normalized spacial score (nSPS) is 11.6. The third-order valence-electron chi connectivity index (χ3n) is 4.00. The summed E-state index contributed by atoms with van der Waals surface area (Å²) in [4.78, 5) is 12.5. The van der Waals surface area contributed by atoms with Crippen molar-refractivity contribution in [2.24, 2.45) is 0 Å². The van der Waals surface area contributed by atoms with Crippen LogP contribution in [0, 0.1) is 0 Å². The molecule has 0 heterocycles. The van der Waals surface area contributed by atoms with E-state index in [4.69, 9.17) is 9.47 Å².